The molecule has 0 atom stereocenters. The molecule has 0 aliphatic rings. The van der Waals surface area contributed by atoms with Gasteiger partial charge in [-0.3, -0.25) is 4.99 Å². The molecule has 0 saturated carbocycles. The van der Waals surface area contributed by atoms with Gasteiger partial charge in [-0.15, -0.1) is 0 Å². The Morgan fingerprint density at radius 3 is 2.41 bits per heavy atom. The van der Waals surface area contributed by atoms with Crippen LogP contribution in [0.3, 0.4) is 0 Å². The summed E-state index contributed by atoms with van der Waals surface area (Å²) in [4.78, 5) is 4.47. The van der Waals surface area contributed by atoms with Gasteiger partial charge in [-0.05, 0) is 71.5 Å². The average Bonchev–Trinajstić information content (AvgIpc) is 2.54. The second kappa shape index (κ2) is 8.03. The number of nitrogens with zero attached hydrogens (tertiary/aromatic N) is 1. The van der Waals surface area contributed by atoms with Crippen molar-refractivity contribution in [3.05, 3.63) is 45.5 Å². The fraction of sp³-hybridized carbons (Fsp3) is 0.235. The molecule has 22 heavy (non-hydrogen) atoms. The lowest BCUT2D eigenvalue weighted by molar-refractivity contribution is 0.340. The van der Waals surface area contributed by atoms with Gasteiger partial charge >= 0.3 is 0 Å². The maximum absolute atomic E-state index is 5.41. The minimum Gasteiger partial charge on any atom is -0.494 e. The zero-order chi connectivity index (χ0) is 15.9. The van der Waals surface area contributed by atoms with Crippen LogP contribution in [0.5, 0.6) is 17.2 Å². The van der Waals surface area contributed by atoms with E-state index in [4.69, 9.17) is 14.2 Å². The van der Waals surface area contributed by atoms with Crippen molar-refractivity contribution in [2.75, 3.05) is 20.8 Å². The SMILES string of the molecule is CCOc1ccc(N=Cc2cc(I)c(OC)c(OC)c2)cc1. The number of ether oxygens (including phenoxy) is 3. The van der Waals surface area contributed by atoms with Crippen LogP contribution >= 0.6 is 22.6 Å². The van der Waals surface area contributed by atoms with Crippen LogP contribution < -0.4 is 14.2 Å². The maximum atomic E-state index is 5.41. The van der Waals surface area contributed by atoms with Gasteiger partial charge < -0.3 is 14.2 Å². The molecule has 0 aliphatic carbocycles. The predicted octanol–water partition coefficient (Wildman–Crippen LogP) is 4.46. The van der Waals surface area contributed by atoms with Gasteiger partial charge in [-0.25, -0.2) is 0 Å². The highest BCUT2D eigenvalue weighted by Crippen LogP contribution is 2.33. The van der Waals surface area contributed by atoms with Crippen molar-refractivity contribution in [1.29, 1.82) is 0 Å². The Morgan fingerprint density at radius 1 is 1.09 bits per heavy atom. The second-order valence-corrected chi connectivity index (χ2v) is 5.59. The van der Waals surface area contributed by atoms with E-state index < -0.39 is 0 Å². The molecule has 2 aromatic rings. The number of halogens is 1. The zero-order valence-corrected chi connectivity index (χ0v) is 15.0. The third kappa shape index (κ3) is 4.13. The molecule has 0 radical (unpaired) electrons. The fourth-order valence-electron chi connectivity index (χ4n) is 1.96. The van der Waals surface area contributed by atoms with Crippen LogP contribution in [0.2, 0.25) is 0 Å². The van der Waals surface area contributed by atoms with Gasteiger partial charge in [0, 0.05) is 6.21 Å². The zero-order valence-electron chi connectivity index (χ0n) is 12.8. The van der Waals surface area contributed by atoms with Crippen molar-refractivity contribution in [2.24, 2.45) is 4.99 Å². The Balaban J connectivity index is 2.20. The summed E-state index contributed by atoms with van der Waals surface area (Å²) in [5.41, 5.74) is 1.82. The normalized spacial score (nSPS) is 10.7. The molecular weight excluding hydrogens is 393 g/mol. The topological polar surface area (TPSA) is 40.0 Å². The Labute approximate surface area is 144 Å². The standard InChI is InChI=1S/C17H18INO3/c1-4-22-14-7-5-13(6-8-14)19-11-12-9-15(18)17(21-3)16(10-12)20-2/h5-11H,4H2,1-3H3. The number of hydrogen-bond acceptors (Lipinski definition) is 4. The molecule has 0 N–H and O–H groups in total. The van der Waals surface area contributed by atoms with Crippen LogP contribution in [-0.4, -0.2) is 27.0 Å². The van der Waals surface area contributed by atoms with Crippen molar-refractivity contribution in [3.8, 4) is 17.2 Å². The molecular formula is C17H18INO3. The van der Waals surface area contributed by atoms with Crippen molar-refractivity contribution in [1.82, 2.24) is 0 Å². The first-order valence-corrected chi connectivity index (χ1v) is 7.94. The van der Waals surface area contributed by atoms with E-state index >= 15 is 0 Å². The summed E-state index contributed by atoms with van der Waals surface area (Å²) in [5.74, 6) is 2.28. The Morgan fingerprint density at radius 2 is 1.82 bits per heavy atom. The van der Waals surface area contributed by atoms with Crippen LogP contribution in [0.1, 0.15) is 12.5 Å². The number of benzene rings is 2. The molecule has 5 heteroatoms. The largest absolute Gasteiger partial charge is 0.494 e. The molecule has 0 spiro atoms. The number of methoxy groups -OCH3 is 2. The lowest BCUT2D eigenvalue weighted by Crippen LogP contribution is -1.95. The minimum atomic E-state index is 0.659. The van der Waals surface area contributed by atoms with E-state index in [2.05, 4.69) is 27.6 Å². The highest BCUT2D eigenvalue weighted by atomic mass is 127. The van der Waals surface area contributed by atoms with Crippen LogP contribution in [0.25, 0.3) is 0 Å². The molecule has 0 saturated heterocycles. The first-order chi connectivity index (χ1) is 10.7. The summed E-state index contributed by atoms with van der Waals surface area (Å²) in [6.45, 7) is 2.62. The van der Waals surface area contributed by atoms with Gasteiger partial charge in [-0.1, -0.05) is 0 Å². The van der Waals surface area contributed by atoms with Gasteiger partial charge in [0.05, 0.1) is 30.1 Å². The molecule has 0 aromatic heterocycles. The van der Waals surface area contributed by atoms with Gasteiger partial charge in [-0.2, -0.15) is 0 Å². The first kappa shape index (κ1) is 16.6. The van der Waals surface area contributed by atoms with E-state index in [1.807, 2.05) is 43.3 Å². The molecule has 0 unspecified atom stereocenters. The van der Waals surface area contributed by atoms with Crippen LogP contribution in [0.15, 0.2) is 41.4 Å². The van der Waals surface area contributed by atoms with Crippen molar-refractivity contribution in [3.63, 3.8) is 0 Å². The summed E-state index contributed by atoms with van der Waals surface area (Å²) in [6.07, 6.45) is 1.81. The predicted molar refractivity (Wildman–Crippen MR) is 97.1 cm³/mol. The molecule has 116 valence electrons. The van der Waals surface area contributed by atoms with Crippen LogP contribution in [0, 0.1) is 3.57 Å². The lowest BCUT2D eigenvalue weighted by atomic mass is 10.2. The first-order valence-electron chi connectivity index (χ1n) is 6.86. The van der Waals surface area contributed by atoms with Crippen molar-refractivity contribution < 1.29 is 14.2 Å². The number of hydrogen-bond donors (Lipinski definition) is 0. The van der Waals surface area contributed by atoms with E-state index in [-0.39, 0.29) is 0 Å². The summed E-state index contributed by atoms with van der Waals surface area (Å²) >= 11 is 2.22. The molecule has 4 nitrogen and oxygen atoms in total. The fourth-order valence-corrected chi connectivity index (χ4v) is 2.80. The highest BCUT2D eigenvalue weighted by molar-refractivity contribution is 14.1. The van der Waals surface area contributed by atoms with Crippen molar-refractivity contribution in [2.45, 2.75) is 6.92 Å². The Bertz CT molecular complexity index is 654. The highest BCUT2D eigenvalue weighted by Gasteiger charge is 2.09. The summed E-state index contributed by atoms with van der Waals surface area (Å²) in [7, 11) is 3.26. The lowest BCUT2D eigenvalue weighted by Gasteiger charge is -2.10. The maximum Gasteiger partial charge on any atom is 0.174 e. The molecule has 0 heterocycles. The molecule has 2 aromatic carbocycles. The van der Waals surface area contributed by atoms with Gasteiger partial charge in [0.1, 0.15) is 5.75 Å². The number of aliphatic imine (C=N–C) groups is 1. The van der Waals surface area contributed by atoms with Gasteiger partial charge in [0.2, 0.25) is 0 Å². The minimum absolute atomic E-state index is 0.659. The molecule has 0 aliphatic heterocycles. The summed E-state index contributed by atoms with van der Waals surface area (Å²) < 4.78 is 17.1. The van der Waals surface area contributed by atoms with Crippen LogP contribution in [-0.2, 0) is 0 Å². The van der Waals surface area contributed by atoms with Gasteiger partial charge in [0.25, 0.3) is 0 Å². The quantitative estimate of drug-likeness (QED) is 0.521. The molecule has 0 bridgehead atoms. The van der Waals surface area contributed by atoms with E-state index in [1.165, 1.54) is 0 Å². The third-order valence-corrected chi connectivity index (χ3v) is 3.77. The monoisotopic (exact) mass is 411 g/mol. The van der Waals surface area contributed by atoms with Crippen LogP contribution in [0.4, 0.5) is 5.69 Å². The van der Waals surface area contributed by atoms with Gasteiger partial charge in [0.15, 0.2) is 11.5 Å². The summed E-state index contributed by atoms with van der Waals surface area (Å²) in [5, 5.41) is 0. The smallest absolute Gasteiger partial charge is 0.174 e. The number of rotatable bonds is 6. The summed E-state index contributed by atoms with van der Waals surface area (Å²) in [6, 6.07) is 11.6. The van der Waals surface area contributed by atoms with E-state index in [1.54, 1.807) is 20.4 Å². The van der Waals surface area contributed by atoms with E-state index in [0.29, 0.717) is 12.4 Å². The molecule has 2 rings (SSSR count). The average molecular weight is 411 g/mol. The Kier molecular flexibility index (Phi) is 6.06. The molecule has 0 amide bonds. The van der Waals surface area contributed by atoms with Crippen molar-refractivity contribution >= 4 is 34.5 Å². The second-order valence-electron chi connectivity index (χ2n) is 4.42. The molecule has 0 fully saturated rings. The van der Waals surface area contributed by atoms with E-state index in [9.17, 15) is 0 Å². The third-order valence-electron chi connectivity index (χ3n) is 2.97. The Hall–Kier alpha value is -1.76. The van der Waals surface area contributed by atoms with E-state index in [0.717, 1.165) is 26.3 Å².